The van der Waals surface area contributed by atoms with Crippen molar-refractivity contribution < 1.29 is 27.5 Å². The molecule has 2 atom stereocenters. The van der Waals surface area contributed by atoms with Crippen LogP contribution < -0.4 is 0 Å². The summed E-state index contributed by atoms with van der Waals surface area (Å²) < 4.78 is 39.2. The molecule has 0 radical (unpaired) electrons. The summed E-state index contributed by atoms with van der Waals surface area (Å²) in [6.07, 6.45) is -0.202. The zero-order valence-corrected chi connectivity index (χ0v) is 18.3. The molecule has 1 amide bonds. The second kappa shape index (κ2) is 7.76. The van der Waals surface area contributed by atoms with Gasteiger partial charge in [0.15, 0.2) is 5.69 Å². The fourth-order valence-corrected chi connectivity index (χ4v) is 4.80. The number of nitrogens with one attached hydrogen (secondary N) is 1. The molecule has 0 unspecified atom stereocenters. The number of aromatic amines is 1. The number of imidazole rings is 1. The number of aliphatic hydroxyl groups excluding tert-OH is 1. The molecular formula is C24H22F2N4O4. The molecule has 4 heterocycles. The van der Waals surface area contributed by atoms with Crippen LogP contribution in [-0.2, 0) is 6.42 Å². The van der Waals surface area contributed by atoms with Gasteiger partial charge in [0.25, 0.3) is 12.3 Å². The highest BCUT2D eigenvalue weighted by atomic mass is 19.3. The van der Waals surface area contributed by atoms with Crippen LogP contribution in [0.4, 0.5) is 8.78 Å². The first-order valence-electron chi connectivity index (χ1n) is 11.2. The maximum absolute atomic E-state index is 13.7. The number of alkyl halides is 2. The third-order valence-corrected chi connectivity index (χ3v) is 6.51. The quantitative estimate of drug-likeness (QED) is 0.436. The van der Waals surface area contributed by atoms with Gasteiger partial charge in [0.1, 0.15) is 23.5 Å². The topological polar surface area (TPSA) is 108 Å². The third-order valence-electron chi connectivity index (χ3n) is 6.51. The molecule has 1 aliphatic heterocycles. The SMILES string of the molecule is C[C@H](O)c1nc(C(F)F)c(C(=O)N2CCc3[nH]cnc3[C@@H]2c2oc3ccccc3c2C2CC2)o1. The number of aromatic nitrogens is 3. The normalized spacial score (nSPS) is 19.1. The Hall–Kier alpha value is -3.53. The number of para-hydroxylation sites is 1. The van der Waals surface area contributed by atoms with E-state index in [1.54, 1.807) is 6.33 Å². The molecule has 0 saturated heterocycles. The number of nitrogens with zero attached hydrogens (tertiary/aromatic N) is 3. The highest BCUT2D eigenvalue weighted by molar-refractivity contribution is 5.93. The number of amides is 1. The Balaban J connectivity index is 1.51. The number of furan rings is 1. The first-order chi connectivity index (χ1) is 16.4. The van der Waals surface area contributed by atoms with Crippen molar-refractivity contribution in [3.63, 3.8) is 0 Å². The number of carbonyl (C=O) groups is 1. The van der Waals surface area contributed by atoms with Crippen molar-refractivity contribution in [3.05, 3.63) is 70.6 Å². The number of benzene rings is 1. The summed E-state index contributed by atoms with van der Waals surface area (Å²) >= 11 is 0. The lowest BCUT2D eigenvalue weighted by atomic mass is 9.94. The lowest BCUT2D eigenvalue weighted by molar-refractivity contribution is 0.0616. The Morgan fingerprint density at radius 3 is 2.79 bits per heavy atom. The van der Waals surface area contributed by atoms with E-state index < -0.39 is 35.9 Å². The molecule has 34 heavy (non-hydrogen) atoms. The predicted molar refractivity (Wildman–Crippen MR) is 115 cm³/mol. The van der Waals surface area contributed by atoms with E-state index in [1.165, 1.54) is 11.8 Å². The highest BCUT2D eigenvalue weighted by Gasteiger charge is 2.43. The first-order valence-corrected chi connectivity index (χ1v) is 11.2. The average molecular weight is 468 g/mol. The molecule has 1 aliphatic carbocycles. The third kappa shape index (κ3) is 3.24. The van der Waals surface area contributed by atoms with Crippen LogP contribution in [0.1, 0.15) is 89.1 Å². The van der Waals surface area contributed by atoms with Gasteiger partial charge in [-0.05, 0) is 31.7 Å². The van der Waals surface area contributed by atoms with Crippen molar-refractivity contribution >= 4 is 16.9 Å². The smallest absolute Gasteiger partial charge is 0.292 e. The summed E-state index contributed by atoms with van der Waals surface area (Å²) in [5.74, 6) is -0.729. The minimum absolute atomic E-state index is 0.243. The van der Waals surface area contributed by atoms with Gasteiger partial charge in [0.2, 0.25) is 11.7 Å². The summed E-state index contributed by atoms with van der Waals surface area (Å²) in [5, 5.41) is 10.8. The van der Waals surface area contributed by atoms with E-state index in [0.717, 1.165) is 29.5 Å². The van der Waals surface area contributed by atoms with Crippen molar-refractivity contribution in [1.82, 2.24) is 19.9 Å². The van der Waals surface area contributed by atoms with E-state index in [4.69, 9.17) is 8.83 Å². The summed E-state index contributed by atoms with van der Waals surface area (Å²) in [7, 11) is 0. The van der Waals surface area contributed by atoms with Crippen molar-refractivity contribution in [1.29, 1.82) is 0 Å². The molecular weight excluding hydrogens is 446 g/mol. The molecule has 1 aromatic carbocycles. The van der Waals surface area contributed by atoms with Crippen molar-refractivity contribution in [3.8, 4) is 0 Å². The summed E-state index contributed by atoms with van der Waals surface area (Å²) in [4.78, 5) is 26.4. The van der Waals surface area contributed by atoms with Crippen LogP contribution >= 0.6 is 0 Å². The number of oxazole rings is 1. The van der Waals surface area contributed by atoms with E-state index in [0.29, 0.717) is 29.4 Å². The van der Waals surface area contributed by atoms with Crippen LogP contribution in [0.5, 0.6) is 0 Å². The Morgan fingerprint density at radius 1 is 1.26 bits per heavy atom. The molecule has 176 valence electrons. The van der Waals surface area contributed by atoms with Crippen LogP contribution in [0.3, 0.4) is 0 Å². The molecule has 0 spiro atoms. The highest BCUT2D eigenvalue weighted by Crippen LogP contribution is 2.50. The van der Waals surface area contributed by atoms with Gasteiger partial charge >= 0.3 is 0 Å². The van der Waals surface area contributed by atoms with Gasteiger partial charge in [0, 0.05) is 29.6 Å². The van der Waals surface area contributed by atoms with E-state index in [-0.39, 0.29) is 12.4 Å². The number of hydrogen-bond donors (Lipinski definition) is 2. The second-order valence-corrected chi connectivity index (χ2v) is 8.81. The van der Waals surface area contributed by atoms with Crippen molar-refractivity contribution in [2.24, 2.45) is 0 Å². The molecule has 8 nitrogen and oxygen atoms in total. The van der Waals surface area contributed by atoms with Crippen molar-refractivity contribution in [2.45, 2.75) is 50.7 Å². The van der Waals surface area contributed by atoms with Crippen LogP contribution in [0, 0.1) is 0 Å². The zero-order chi connectivity index (χ0) is 23.6. The van der Waals surface area contributed by atoms with Gasteiger partial charge in [-0.25, -0.2) is 18.7 Å². The lowest BCUT2D eigenvalue weighted by Crippen LogP contribution is -2.41. The van der Waals surface area contributed by atoms with Gasteiger partial charge in [-0.2, -0.15) is 0 Å². The molecule has 1 saturated carbocycles. The maximum Gasteiger partial charge on any atom is 0.292 e. The van der Waals surface area contributed by atoms with Crippen LogP contribution in [0.25, 0.3) is 11.0 Å². The molecule has 2 N–H and O–H groups in total. The van der Waals surface area contributed by atoms with Crippen LogP contribution in [0.15, 0.2) is 39.4 Å². The standard InChI is InChI=1S/C24H22F2N4O4/c1-11(31)23-29-18(22(25)26)21(34-23)24(32)30-9-8-14-17(28-10-27-14)19(30)20-16(12-6-7-12)13-4-2-3-5-15(13)33-20/h2-5,10-12,19,22,31H,6-9H2,1H3,(H,27,28)/t11-,19+/m0/s1. The van der Waals surface area contributed by atoms with Gasteiger partial charge in [0.05, 0.1) is 12.0 Å². The van der Waals surface area contributed by atoms with Gasteiger partial charge in [-0.1, -0.05) is 18.2 Å². The monoisotopic (exact) mass is 468 g/mol. The number of fused-ring (bicyclic) bond motifs is 2. The fourth-order valence-electron chi connectivity index (χ4n) is 4.80. The Bertz CT molecular complexity index is 1380. The van der Waals surface area contributed by atoms with Gasteiger partial charge < -0.3 is 23.8 Å². The van der Waals surface area contributed by atoms with E-state index in [9.17, 15) is 18.7 Å². The molecule has 4 aromatic rings. The van der Waals surface area contributed by atoms with Crippen LogP contribution in [0.2, 0.25) is 0 Å². The lowest BCUT2D eigenvalue weighted by Gasteiger charge is -2.33. The zero-order valence-electron chi connectivity index (χ0n) is 18.3. The number of rotatable bonds is 5. The first kappa shape index (κ1) is 21.0. The summed E-state index contributed by atoms with van der Waals surface area (Å²) in [6.45, 7) is 1.58. The maximum atomic E-state index is 13.7. The minimum Gasteiger partial charge on any atom is -0.458 e. The summed E-state index contributed by atoms with van der Waals surface area (Å²) in [5.41, 5.74) is 2.45. The predicted octanol–water partition coefficient (Wildman–Crippen LogP) is 4.80. The Labute approximate surface area is 192 Å². The summed E-state index contributed by atoms with van der Waals surface area (Å²) in [6, 6.07) is 6.99. The minimum atomic E-state index is -3.03. The Morgan fingerprint density at radius 2 is 2.06 bits per heavy atom. The number of hydrogen-bond acceptors (Lipinski definition) is 6. The van der Waals surface area contributed by atoms with E-state index >= 15 is 0 Å². The largest absolute Gasteiger partial charge is 0.458 e. The molecule has 3 aromatic heterocycles. The second-order valence-electron chi connectivity index (χ2n) is 8.81. The molecule has 0 bridgehead atoms. The van der Waals surface area contributed by atoms with Gasteiger partial charge in [-0.3, -0.25) is 4.79 Å². The number of aliphatic hydroxyl groups is 1. The molecule has 6 rings (SSSR count). The van der Waals surface area contributed by atoms with Crippen LogP contribution in [-0.4, -0.2) is 37.4 Å². The number of carbonyl (C=O) groups excluding carboxylic acids is 1. The number of H-pyrrole nitrogens is 1. The molecule has 10 heteroatoms. The Kier molecular flexibility index (Phi) is 4.80. The van der Waals surface area contributed by atoms with Gasteiger partial charge in [-0.15, -0.1) is 0 Å². The average Bonchev–Trinajstić information content (AvgIpc) is 3.25. The van der Waals surface area contributed by atoms with E-state index in [1.807, 2.05) is 24.3 Å². The van der Waals surface area contributed by atoms with E-state index in [2.05, 4.69) is 15.0 Å². The molecule has 1 fully saturated rings. The fraction of sp³-hybridized carbons (Fsp3) is 0.375. The number of halogens is 2. The molecule has 2 aliphatic rings. The van der Waals surface area contributed by atoms with Crippen molar-refractivity contribution in [2.75, 3.05) is 6.54 Å².